The highest BCUT2D eigenvalue weighted by Crippen LogP contribution is 2.27. The van der Waals surface area contributed by atoms with Gasteiger partial charge in [0.2, 0.25) is 0 Å². The minimum atomic E-state index is -3.87. The summed E-state index contributed by atoms with van der Waals surface area (Å²) in [5.41, 5.74) is 1.10. The molecule has 0 unspecified atom stereocenters. The van der Waals surface area contributed by atoms with Crippen molar-refractivity contribution in [2.24, 2.45) is 0 Å². The fourth-order valence-corrected chi connectivity index (χ4v) is 3.74. The Morgan fingerprint density at radius 1 is 1.29 bits per heavy atom. The lowest BCUT2D eigenvalue weighted by Gasteiger charge is -2.13. The Labute approximate surface area is 130 Å². The predicted molar refractivity (Wildman–Crippen MR) is 82.0 cm³/mol. The van der Waals surface area contributed by atoms with Gasteiger partial charge in [-0.2, -0.15) is 0 Å². The van der Waals surface area contributed by atoms with Gasteiger partial charge < -0.3 is 5.11 Å². The third-order valence-corrected chi connectivity index (χ3v) is 5.23. The summed E-state index contributed by atoms with van der Waals surface area (Å²) >= 11 is 3.17. The maximum absolute atomic E-state index is 13.2. The molecule has 0 amide bonds. The van der Waals surface area contributed by atoms with Crippen molar-refractivity contribution in [1.29, 1.82) is 0 Å². The van der Waals surface area contributed by atoms with Crippen LogP contribution in [-0.4, -0.2) is 13.5 Å². The van der Waals surface area contributed by atoms with Gasteiger partial charge in [-0.1, -0.05) is 12.1 Å². The smallest absolute Gasteiger partial charge is 0.262 e. The minimum absolute atomic E-state index is 0.0465. The number of anilines is 1. The number of benzene rings is 2. The van der Waals surface area contributed by atoms with Crippen LogP contribution in [0.15, 0.2) is 45.8 Å². The third-order valence-electron chi connectivity index (χ3n) is 3.03. The summed E-state index contributed by atoms with van der Waals surface area (Å²) in [6, 6.07) is 8.36. The van der Waals surface area contributed by atoms with E-state index in [4.69, 9.17) is 0 Å². The summed E-state index contributed by atoms with van der Waals surface area (Å²) in [6.45, 7) is 1.36. The second-order valence-corrected chi connectivity index (χ2v) is 6.93. The van der Waals surface area contributed by atoms with Crippen LogP contribution < -0.4 is 4.72 Å². The van der Waals surface area contributed by atoms with E-state index in [0.717, 1.165) is 6.07 Å². The summed E-state index contributed by atoms with van der Waals surface area (Å²) in [5.74, 6) is -0.545. The lowest BCUT2D eigenvalue weighted by Crippen LogP contribution is -2.15. The molecule has 2 rings (SSSR count). The van der Waals surface area contributed by atoms with Gasteiger partial charge in [-0.25, -0.2) is 12.8 Å². The van der Waals surface area contributed by atoms with Crippen LogP contribution in [0.1, 0.15) is 11.1 Å². The van der Waals surface area contributed by atoms with Gasteiger partial charge in [0, 0.05) is 4.47 Å². The summed E-state index contributed by atoms with van der Waals surface area (Å²) < 4.78 is 40.8. The summed E-state index contributed by atoms with van der Waals surface area (Å²) in [5, 5.41) is 9.21. The molecule has 0 aliphatic heterocycles. The van der Waals surface area contributed by atoms with Gasteiger partial charge in [0.25, 0.3) is 10.0 Å². The average molecular weight is 374 g/mol. The van der Waals surface area contributed by atoms with Crippen LogP contribution in [0.25, 0.3) is 0 Å². The second kappa shape index (κ2) is 6.13. The molecule has 2 aromatic rings. The van der Waals surface area contributed by atoms with E-state index in [2.05, 4.69) is 20.7 Å². The Hall–Kier alpha value is -1.44. The molecule has 0 atom stereocenters. The Morgan fingerprint density at radius 3 is 2.67 bits per heavy atom. The van der Waals surface area contributed by atoms with Crippen LogP contribution in [0, 0.1) is 12.7 Å². The number of sulfonamides is 1. The van der Waals surface area contributed by atoms with Crippen molar-refractivity contribution >= 4 is 31.6 Å². The van der Waals surface area contributed by atoms with Gasteiger partial charge in [-0.3, -0.25) is 4.72 Å². The van der Waals surface area contributed by atoms with Gasteiger partial charge >= 0.3 is 0 Å². The van der Waals surface area contributed by atoms with E-state index in [9.17, 15) is 17.9 Å². The Kier molecular flexibility index (Phi) is 4.65. The van der Waals surface area contributed by atoms with E-state index in [1.54, 1.807) is 19.1 Å². The Bertz CT molecular complexity index is 778. The molecule has 0 fully saturated rings. The Morgan fingerprint density at radius 2 is 2.00 bits per heavy atom. The van der Waals surface area contributed by atoms with Crippen molar-refractivity contribution in [1.82, 2.24) is 0 Å². The molecule has 0 aliphatic carbocycles. The zero-order valence-corrected chi connectivity index (χ0v) is 13.5. The van der Waals surface area contributed by atoms with Gasteiger partial charge in [0.1, 0.15) is 5.82 Å². The fraction of sp³-hybridized carbons (Fsp3) is 0.143. The number of rotatable bonds is 4. The largest absolute Gasteiger partial charge is 0.392 e. The van der Waals surface area contributed by atoms with E-state index in [1.165, 1.54) is 18.2 Å². The van der Waals surface area contributed by atoms with Crippen LogP contribution in [0.2, 0.25) is 0 Å². The molecule has 4 nitrogen and oxygen atoms in total. The van der Waals surface area contributed by atoms with Crippen molar-refractivity contribution in [3.05, 3.63) is 57.8 Å². The molecule has 2 aromatic carbocycles. The molecule has 2 N–H and O–H groups in total. The van der Waals surface area contributed by atoms with E-state index < -0.39 is 15.8 Å². The number of halogens is 2. The van der Waals surface area contributed by atoms with E-state index in [-0.39, 0.29) is 17.2 Å². The molecule has 0 saturated carbocycles. The standard InChI is InChI=1S/C14H13BrFNO3S/c1-9-10(8-18)3-2-4-14(9)21(19,20)17-13-7-11(16)5-6-12(13)15/h2-7,17-18H,8H2,1H3. The van der Waals surface area contributed by atoms with Gasteiger partial charge in [-0.05, 0) is 58.2 Å². The van der Waals surface area contributed by atoms with Crippen LogP contribution in [-0.2, 0) is 16.6 Å². The molecule has 0 spiro atoms. The molecule has 0 heterocycles. The summed E-state index contributed by atoms with van der Waals surface area (Å²) in [7, 11) is -3.87. The molecule has 21 heavy (non-hydrogen) atoms. The maximum Gasteiger partial charge on any atom is 0.262 e. The molecule has 0 bridgehead atoms. The van der Waals surface area contributed by atoms with E-state index in [1.807, 2.05) is 0 Å². The van der Waals surface area contributed by atoms with Crippen LogP contribution >= 0.6 is 15.9 Å². The van der Waals surface area contributed by atoms with E-state index in [0.29, 0.717) is 15.6 Å². The highest BCUT2D eigenvalue weighted by atomic mass is 79.9. The van der Waals surface area contributed by atoms with Crippen LogP contribution in [0.4, 0.5) is 10.1 Å². The highest BCUT2D eigenvalue weighted by Gasteiger charge is 2.19. The third kappa shape index (κ3) is 3.42. The molecular weight excluding hydrogens is 361 g/mol. The summed E-state index contributed by atoms with van der Waals surface area (Å²) in [6.07, 6.45) is 0. The first-order valence-electron chi connectivity index (χ1n) is 6.02. The van der Waals surface area contributed by atoms with E-state index >= 15 is 0 Å². The molecule has 0 radical (unpaired) electrons. The predicted octanol–water partition coefficient (Wildman–Crippen LogP) is 3.19. The monoisotopic (exact) mass is 373 g/mol. The first-order chi connectivity index (χ1) is 9.85. The average Bonchev–Trinajstić information content (AvgIpc) is 2.42. The van der Waals surface area contributed by atoms with Crippen molar-refractivity contribution < 1.29 is 17.9 Å². The molecule has 0 aromatic heterocycles. The Balaban J connectivity index is 2.46. The van der Waals surface area contributed by atoms with Crippen molar-refractivity contribution in [2.75, 3.05) is 4.72 Å². The lowest BCUT2D eigenvalue weighted by atomic mass is 10.1. The highest BCUT2D eigenvalue weighted by molar-refractivity contribution is 9.10. The number of hydrogen-bond acceptors (Lipinski definition) is 3. The molecular formula is C14H13BrFNO3S. The molecule has 0 aliphatic rings. The van der Waals surface area contributed by atoms with Gasteiger partial charge in [0.15, 0.2) is 0 Å². The number of aliphatic hydroxyl groups excluding tert-OH is 1. The summed E-state index contributed by atoms with van der Waals surface area (Å²) in [4.78, 5) is 0.0465. The fourth-order valence-electron chi connectivity index (χ4n) is 1.90. The number of aliphatic hydroxyl groups is 1. The number of nitrogens with one attached hydrogen (secondary N) is 1. The molecule has 0 saturated heterocycles. The van der Waals surface area contributed by atoms with Gasteiger partial charge in [-0.15, -0.1) is 0 Å². The van der Waals surface area contributed by atoms with Gasteiger partial charge in [0.05, 0.1) is 17.2 Å². The second-order valence-electron chi connectivity index (χ2n) is 4.43. The molecule has 112 valence electrons. The normalized spacial score (nSPS) is 11.4. The zero-order valence-electron chi connectivity index (χ0n) is 11.1. The lowest BCUT2D eigenvalue weighted by molar-refractivity contribution is 0.280. The number of hydrogen-bond donors (Lipinski definition) is 2. The first kappa shape index (κ1) is 15.9. The SMILES string of the molecule is Cc1c(CO)cccc1S(=O)(=O)Nc1cc(F)ccc1Br. The molecule has 7 heteroatoms. The maximum atomic E-state index is 13.2. The quantitative estimate of drug-likeness (QED) is 0.864. The minimum Gasteiger partial charge on any atom is -0.392 e. The van der Waals surface area contributed by atoms with Crippen LogP contribution in [0.5, 0.6) is 0 Å². The van der Waals surface area contributed by atoms with Crippen LogP contribution in [0.3, 0.4) is 0 Å². The zero-order chi connectivity index (χ0) is 15.6. The van der Waals surface area contributed by atoms with Crippen molar-refractivity contribution in [3.8, 4) is 0 Å². The van der Waals surface area contributed by atoms with Crippen molar-refractivity contribution in [2.45, 2.75) is 18.4 Å². The topological polar surface area (TPSA) is 66.4 Å². The van der Waals surface area contributed by atoms with Crippen molar-refractivity contribution in [3.63, 3.8) is 0 Å². The first-order valence-corrected chi connectivity index (χ1v) is 8.30.